The van der Waals surface area contributed by atoms with Crippen LogP contribution in [0.3, 0.4) is 0 Å². The second-order valence-electron chi connectivity index (χ2n) is 5.95. The van der Waals surface area contributed by atoms with E-state index in [1.807, 2.05) is 20.1 Å². The van der Waals surface area contributed by atoms with E-state index >= 15 is 0 Å². The van der Waals surface area contributed by atoms with Crippen molar-refractivity contribution in [1.29, 1.82) is 0 Å². The Kier molecular flexibility index (Phi) is 7.72. The van der Waals surface area contributed by atoms with Crippen LogP contribution in [-0.2, 0) is 16.1 Å². The number of nitrogens with one attached hydrogen (secondary N) is 1. The predicted octanol–water partition coefficient (Wildman–Crippen LogP) is 2.89. The monoisotopic (exact) mass is 392 g/mol. The molecule has 1 atom stereocenters. The first-order valence-corrected chi connectivity index (χ1v) is 9.88. The third-order valence-electron chi connectivity index (χ3n) is 4.06. The van der Waals surface area contributed by atoms with Gasteiger partial charge >= 0.3 is 5.97 Å². The first-order valence-electron chi connectivity index (χ1n) is 8.48. The van der Waals surface area contributed by atoms with Gasteiger partial charge in [0, 0.05) is 5.56 Å². The minimum Gasteiger partial charge on any atom is -0.489 e. The summed E-state index contributed by atoms with van der Waals surface area (Å²) in [5.74, 6) is 1.18. The number of methoxy groups -OCH3 is 1. The van der Waals surface area contributed by atoms with Gasteiger partial charge in [0.2, 0.25) is 0 Å². The van der Waals surface area contributed by atoms with Crippen LogP contribution in [0.15, 0.2) is 28.8 Å². The van der Waals surface area contributed by atoms with Crippen LogP contribution in [0.2, 0.25) is 0 Å². The molecule has 0 aliphatic carbocycles. The summed E-state index contributed by atoms with van der Waals surface area (Å²) in [6, 6.07) is 6.12. The Morgan fingerprint density at radius 1 is 1.33 bits per heavy atom. The molecule has 1 heterocycles. The Hall–Kier alpha value is -2.48. The van der Waals surface area contributed by atoms with Crippen molar-refractivity contribution in [2.45, 2.75) is 32.9 Å². The van der Waals surface area contributed by atoms with Gasteiger partial charge in [-0.05, 0) is 50.5 Å². The van der Waals surface area contributed by atoms with Gasteiger partial charge in [-0.1, -0.05) is 11.2 Å². The molecule has 7 nitrogen and oxygen atoms in total. The lowest BCUT2D eigenvalue weighted by atomic mass is 10.1. The van der Waals surface area contributed by atoms with Crippen molar-refractivity contribution in [2.75, 3.05) is 19.1 Å². The molecule has 0 bridgehead atoms. The maximum Gasteiger partial charge on any atom is 0.328 e. The van der Waals surface area contributed by atoms with Gasteiger partial charge < -0.3 is 19.3 Å². The van der Waals surface area contributed by atoms with Gasteiger partial charge in [0.25, 0.3) is 5.91 Å². The standard InChI is InChI=1S/C19H24N2O5S/c1-12-16(13(2)26-21-12)11-25-15-7-5-6-14(10-15)18(22)20-17(8-9-27-4)19(23)24-3/h5-7,10,17H,8-9,11H2,1-4H3,(H,20,22)/t17-/m1/s1. The Labute approximate surface area is 162 Å². The van der Waals surface area contributed by atoms with Crippen LogP contribution in [0, 0.1) is 13.8 Å². The van der Waals surface area contributed by atoms with E-state index < -0.39 is 12.0 Å². The van der Waals surface area contributed by atoms with Crippen LogP contribution in [0.5, 0.6) is 5.75 Å². The van der Waals surface area contributed by atoms with Crippen LogP contribution in [0.25, 0.3) is 0 Å². The largest absolute Gasteiger partial charge is 0.489 e. The summed E-state index contributed by atoms with van der Waals surface area (Å²) in [6.07, 6.45) is 2.44. The number of esters is 1. The van der Waals surface area contributed by atoms with Crippen LogP contribution in [-0.4, -0.2) is 42.2 Å². The van der Waals surface area contributed by atoms with Crippen LogP contribution < -0.4 is 10.1 Å². The number of aryl methyl sites for hydroxylation is 2. The van der Waals surface area contributed by atoms with Gasteiger partial charge in [0.05, 0.1) is 18.4 Å². The first kappa shape index (κ1) is 20.8. The highest BCUT2D eigenvalue weighted by Gasteiger charge is 2.22. The molecule has 2 aromatic rings. The van der Waals surface area contributed by atoms with E-state index in [0.717, 1.165) is 17.0 Å². The van der Waals surface area contributed by atoms with Crippen LogP contribution in [0.1, 0.15) is 33.8 Å². The molecule has 0 aliphatic rings. The van der Waals surface area contributed by atoms with E-state index in [1.54, 1.807) is 36.0 Å². The number of benzene rings is 1. The molecule has 146 valence electrons. The summed E-state index contributed by atoms with van der Waals surface area (Å²) >= 11 is 1.60. The van der Waals surface area contributed by atoms with Gasteiger partial charge in [-0.2, -0.15) is 11.8 Å². The zero-order valence-electron chi connectivity index (χ0n) is 15.9. The van der Waals surface area contributed by atoms with Crippen molar-refractivity contribution in [2.24, 2.45) is 0 Å². The van der Waals surface area contributed by atoms with E-state index in [4.69, 9.17) is 14.0 Å². The molecule has 0 saturated carbocycles. The highest BCUT2D eigenvalue weighted by Crippen LogP contribution is 2.18. The fourth-order valence-electron chi connectivity index (χ4n) is 2.46. The molecule has 2 rings (SSSR count). The quantitative estimate of drug-likeness (QED) is 0.656. The van der Waals surface area contributed by atoms with Crippen molar-refractivity contribution in [3.8, 4) is 5.75 Å². The molecule has 1 aromatic heterocycles. The van der Waals surface area contributed by atoms with Crippen LogP contribution >= 0.6 is 11.8 Å². The van der Waals surface area contributed by atoms with Crippen LogP contribution in [0.4, 0.5) is 0 Å². The van der Waals surface area contributed by atoms with E-state index in [2.05, 4.69) is 10.5 Å². The predicted molar refractivity (Wildman–Crippen MR) is 103 cm³/mol. The molecule has 0 saturated heterocycles. The molecule has 27 heavy (non-hydrogen) atoms. The summed E-state index contributed by atoms with van der Waals surface area (Å²) in [4.78, 5) is 24.4. The normalized spacial score (nSPS) is 11.7. The molecule has 8 heteroatoms. The number of aromatic nitrogens is 1. The smallest absolute Gasteiger partial charge is 0.328 e. The number of carbonyl (C=O) groups excluding carboxylic acids is 2. The molecule has 0 spiro atoms. The molecule has 1 N–H and O–H groups in total. The van der Waals surface area contributed by atoms with Gasteiger partial charge in [0.1, 0.15) is 24.2 Å². The fraction of sp³-hybridized carbons (Fsp3) is 0.421. The third kappa shape index (κ3) is 5.75. The van der Waals surface area contributed by atoms with E-state index in [9.17, 15) is 9.59 Å². The molecular weight excluding hydrogens is 368 g/mol. The van der Waals surface area contributed by atoms with Crippen molar-refractivity contribution >= 4 is 23.6 Å². The Morgan fingerprint density at radius 3 is 2.74 bits per heavy atom. The third-order valence-corrected chi connectivity index (χ3v) is 4.71. The molecule has 0 radical (unpaired) electrons. The minimum absolute atomic E-state index is 0.296. The van der Waals surface area contributed by atoms with Crippen molar-refractivity contribution < 1.29 is 23.6 Å². The zero-order valence-corrected chi connectivity index (χ0v) is 16.7. The number of nitrogens with zero attached hydrogens (tertiary/aromatic N) is 1. The number of hydrogen-bond donors (Lipinski definition) is 1. The highest BCUT2D eigenvalue weighted by molar-refractivity contribution is 7.98. The highest BCUT2D eigenvalue weighted by atomic mass is 32.2. The molecule has 1 amide bonds. The fourth-order valence-corrected chi connectivity index (χ4v) is 2.93. The lowest BCUT2D eigenvalue weighted by molar-refractivity contribution is -0.142. The molecule has 0 unspecified atom stereocenters. The average Bonchev–Trinajstić information content (AvgIpc) is 3.00. The van der Waals surface area contributed by atoms with Gasteiger partial charge in [-0.3, -0.25) is 4.79 Å². The average molecular weight is 392 g/mol. The Morgan fingerprint density at radius 2 is 2.11 bits per heavy atom. The summed E-state index contributed by atoms with van der Waals surface area (Å²) < 4.78 is 15.7. The van der Waals surface area contributed by atoms with Crippen molar-refractivity contribution in [1.82, 2.24) is 10.5 Å². The number of carbonyl (C=O) groups is 2. The number of rotatable bonds is 9. The number of amides is 1. The lowest BCUT2D eigenvalue weighted by Crippen LogP contribution is -2.41. The SMILES string of the molecule is COC(=O)[C@@H](CCSC)NC(=O)c1cccc(OCc2c(C)noc2C)c1. The van der Waals surface area contributed by atoms with Gasteiger partial charge in [0.15, 0.2) is 0 Å². The first-order chi connectivity index (χ1) is 13.0. The van der Waals surface area contributed by atoms with Gasteiger partial charge in [-0.15, -0.1) is 0 Å². The number of thioether (sulfide) groups is 1. The summed E-state index contributed by atoms with van der Waals surface area (Å²) in [5, 5.41) is 6.62. The summed E-state index contributed by atoms with van der Waals surface area (Å²) in [7, 11) is 1.31. The van der Waals surface area contributed by atoms with E-state index in [0.29, 0.717) is 30.1 Å². The number of ether oxygens (including phenoxy) is 2. The lowest BCUT2D eigenvalue weighted by Gasteiger charge is -2.16. The molecular formula is C19H24N2O5S. The van der Waals surface area contributed by atoms with Crippen molar-refractivity contribution in [3.05, 3.63) is 46.8 Å². The topological polar surface area (TPSA) is 90.7 Å². The van der Waals surface area contributed by atoms with E-state index in [1.165, 1.54) is 7.11 Å². The molecule has 0 aliphatic heterocycles. The molecule has 0 fully saturated rings. The second kappa shape index (κ2) is 10.0. The van der Waals surface area contributed by atoms with Gasteiger partial charge in [-0.25, -0.2) is 4.79 Å². The maximum absolute atomic E-state index is 12.5. The number of hydrogen-bond acceptors (Lipinski definition) is 7. The summed E-state index contributed by atoms with van der Waals surface area (Å²) in [6.45, 7) is 3.97. The Bertz CT molecular complexity index is 771. The summed E-state index contributed by atoms with van der Waals surface area (Å²) in [5.41, 5.74) is 2.06. The second-order valence-corrected chi connectivity index (χ2v) is 6.94. The van der Waals surface area contributed by atoms with Crippen molar-refractivity contribution in [3.63, 3.8) is 0 Å². The molecule has 1 aromatic carbocycles. The minimum atomic E-state index is -0.679. The Balaban J connectivity index is 2.04. The van der Waals surface area contributed by atoms with E-state index in [-0.39, 0.29) is 5.91 Å². The zero-order chi connectivity index (χ0) is 19.8. The maximum atomic E-state index is 12.5.